The third-order valence-corrected chi connectivity index (χ3v) is 3.27. The van der Waals surface area contributed by atoms with Gasteiger partial charge in [-0.25, -0.2) is 10.2 Å². The standard InChI is InChI=1S/C7H9N3OS2/c1-12-6-3-2-5(13-6)4-9-10-7(8)11/h2-4H,1H3,(H3,8,10,11). The Morgan fingerprint density at radius 1 is 1.77 bits per heavy atom. The molecule has 0 atom stereocenters. The summed E-state index contributed by atoms with van der Waals surface area (Å²) in [6.07, 6.45) is 3.57. The minimum atomic E-state index is -0.655. The SMILES string of the molecule is CSc1ccc(C=NNC(N)=O)s1. The van der Waals surface area contributed by atoms with Gasteiger partial charge >= 0.3 is 6.03 Å². The number of hydrazone groups is 1. The first-order chi connectivity index (χ1) is 6.22. The molecule has 0 bridgehead atoms. The maximum atomic E-state index is 10.2. The molecular formula is C7H9N3OS2. The van der Waals surface area contributed by atoms with E-state index < -0.39 is 6.03 Å². The van der Waals surface area contributed by atoms with Crippen molar-refractivity contribution >= 4 is 35.3 Å². The normalized spacial score (nSPS) is 10.5. The predicted molar refractivity (Wildman–Crippen MR) is 56.4 cm³/mol. The lowest BCUT2D eigenvalue weighted by molar-refractivity contribution is 0.249. The number of nitrogens with two attached hydrogens (primary N) is 1. The number of thioether (sulfide) groups is 1. The van der Waals surface area contributed by atoms with Crippen molar-refractivity contribution in [3.63, 3.8) is 0 Å². The van der Waals surface area contributed by atoms with E-state index in [-0.39, 0.29) is 0 Å². The molecule has 1 heterocycles. The highest BCUT2D eigenvalue weighted by Crippen LogP contribution is 2.23. The predicted octanol–water partition coefficient (Wildman–Crippen LogP) is 1.47. The minimum Gasteiger partial charge on any atom is -0.350 e. The Morgan fingerprint density at radius 3 is 3.08 bits per heavy atom. The first-order valence-electron chi connectivity index (χ1n) is 3.44. The molecule has 0 aliphatic heterocycles. The van der Waals surface area contributed by atoms with Gasteiger partial charge in [-0.1, -0.05) is 0 Å². The molecule has 0 aliphatic carbocycles. The Bertz CT molecular complexity index is 321. The van der Waals surface area contributed by atoms with Crippen molar-refractivity contribution in [2.75, 3.05) is 6.26 Å². The molecule has 70 valence electrons. The van der Waals surface area contributed by atoms with Gasteiger partial charge in [0.1, 0.15) is 0 Å². The smallest absolute Gasteiger partial charge is 0.332 e. The largest absolute Gasteiger partial charge is 0.350 e. The average molecular weight is 215 g/mol. The van der Waals surface area contributed by atoms with E-state index >= 15 is 0 Å². The minimum absolute atomic E-state index is 0.655. The van der Waals surface area contributed by atoms with Crippen LogP contribution in [-0.4, -0.2) is 18.5 Å². The topological polar surface area (TPSA) is 67.5 Å². The van der Waals surface area contributed by atoms with Crippen molar-refractivity contribution in [3.05, 3.63) is 17.0 Å². The number of nitrogens with one attached hydrogen (secondary N) is 1. The van der Waals surface area contributed by atoms with E-state index in [0.717, 1.165) is 4.88 Å². The number of hydrogen-bond donors (Lipinski definition) is 2. The molecule has 0 spiro atoms. The summed E-state index contributed by atoms with van der Waals surface area (Å²) in [4.78, 5) is 11.2. The lowest BCUT2D eigenvalue weighted by Gasteiger charge is -1.88. The lowest BCUT2D eigenvalue weighted by Crippen LogP contribution is -2.24. The first-order valence-corrected chi connectivity index (χ1v) is 5.49. The molecule has 1 aromatic rings. The van der Waals surface area contributed by atoms with Gasteiger partial charge in [-0.2, -0.15) is 5.10 Å². The number of nitrogens with zero attached hydrogens (tertiary/aromatic N) is 1. The fourth-order valence-corrected chi connectivity index (χ4v) is 2.11. The van der Waals surface area contributed by atoms with Crippen molar-refractivity contribution in [1.82, 2.24) is 5.43 Å². The molecule has 0 radical (unpaired) electrons. The number of rotatable bonds is 3. The van der Waals surface area contributed by atoms with Crippen LogP contribution in [0, 0.1) is 0 Å². The molecule has 1 rings (SSSR count). The van der Waals surface area contributed by atoms with Gasteiger partial charge in [0, 0.05) is 4.88 Å². The van der Waals surface area contributed by atoms with Crippen LogP contribution in [0.4, 0.5) is 4.79 Å². The van der Waals surface area contributed by atoms with Crippen molar-refractivity contribution < 1.29 is 4.79 Å². The highest BCUT2D eigenvalue weighted by atomic mass is 32.2. The number of primary amides is 1. The zero-order valence-electron chi connectivity index (χ0n) is 6.98. The van der Waals surface area contributed by atoms with Gasteiger partial charge < -0.3 is 5.73 Å². The van der Waals surface area contributed by atoms with E-state index in [1.807, 2.05) is 18.4 Å². The fraction of sp³-hybridized carbons (Fsp3) is 0.143. The summed E-state index contributed by atoms with van der Waals surface area (Å²) >= 11 is 3.28. The molecule has 0 aromatic carbocycles. The number of urea groups is 1. The van der Waals surface area contributed by atoms with Crippen LogP contribution >= 0.6 is 23.1 Å². The number of carbonyl (C=O) groups excluding carboxylic acids is 1. The Morgan fingerprint density at radius 2 is 2.54 bits per heavy atom. The van der Waals surface area contributed by atoms with Crippen LogP contribution in [0.5, 0.6) is 0 Å². The van der Waals surface area contributed by atoms with Gasteiger partial charge in [-0.15, -0.1) is 23.1 Å². The summed E-state index contributed by atoms with van der Waals surface area (Å²) in [6.45, 7) is 0. The summed E-state index contributed by atoms with van der Waals surface area (Å²) in [5, 5.41) is 3.64. The summed E-state index contributed by atoms with van der Waals surface area (Å²) in [5.41, 5.74) is 6.95. The number of carbonyl (C=O) groups is 1. The zero-order valence-corrected chi connectivity index (χ0v) is 8.61. The van der Waals surface area contributed by atoms with E-state index in [0.29, 0.717) is 0 Å². The molecule has 6 heteroatoms. The van der Waals surface area contributed by atoms with Crippen LogP contribution in [0.3, 0.4) is 0 Å². The quantitative estimate of drug-likeness (QED) is 0.455. The Hall–Kier alpha value is -1.01. The van der Waals surface area contributed by atoms with Crippen LogP contribution < -0.4 is 11.2 Å². The maximum Gasteiger partial charge on any atom is 0.332 e. The van der Waals surface area contributed by atoms with Gasteiger partial charge in [0.15, 0.2) is 0 Å². The first kappa shape index (κ1) is 10.1. The van der Waals surface area contributed by atoms with Gasteiger partial charge in [-0.05, 0) is 18.4 Å². The molecular weight excluding hydrogens is 206 g/mol. The monoisotopic (exact) mass is 215 g/mol. The summed E-state index contributed by atoms with van der Waals surface area (Å²) in [7, 11) is 0. The molecule has 3 N–H and O–H groups in total. The Balaban J connectivity index is 2.53. The van der Waals surface area contributed by atoms with E-state index in [4.69, 9.17) is 5.73 Å². The highest BCUT2D eigenvalue weighted by Gasteiger charge is 1.95. The van der Waals surface area contributed by atoms with Gasteiger partial charge in [0.25, 0.3) is 0 Å². The van der Waals surface area contributed by atoms with Crippen LogP contribution in [0.2, 0.25) is 0 Å². The Labute approximate surface area is 84.2 Å². The molecule has 0 saturated heterocycles. The second-order valence-electron chi connectivity index (χ2n) is 2.10. The van der Waals surface area contributed by atoms with Gasteiger partial charge in [0.2, 0.25) is 0 Å². The second kappa shape index (κ2) is 4.88. The third kappa shape index (κ3) is 3.47. The van der Waals surface area contributed by atoms with Crippen molar-refractivity contribution in [2.24, 2.45) is 10.8 Å². The van der Waals surface area contributed by atoms with Gasteiger partial charge in [0.05, 0.1) is 10.4 Å². The van der Waals surface area contributed by atoms with Crippen molar-refractivity contribution in [2.45, 2.75) is 4.21 Å². The Kier molecular flexibility index (Phi) is 3.78. The van der Waals surface area contributed by atoms with Crippen LogP contribution in [0.1, 0.15) is 4.88 Å². The molecule has 1 aromatic heterocycles. The molecule has 13 heavy (non-hydrogen) atoms. The van der Waals surface area contributed by atoms with Crippen molar-refractivity contribution in [1.29, 1.82) is 0 Å². The third-order valence-electron chi connectivity index (χ3n) is 1.17. The van der Waals surface area contributed by atoms with Gasteiger partial charge in [-0.3, -0.25) is 0 Å². The molecule has 4 nitrogen and oxygen atoms in total. The molecule has 0 fully saturated rings. The van der Waals surface area contributed by atoms with E-state index in [1.54, 1.807) is 29.3 Å². The van der Waals surface area contributed by atoms with Crippen molar-refractivity contribution in [3.8, 4) is 0 Å². The van der Waals surface area contributed by atoms with Crippen LogP contribution in [0.25, 0.3) is 0 Å². The molecule has 2 amide bonds. The summed E-state index contributed by atoms with van der Waals surface area (Å²) < 4.78 is 1.21. The number of thiophene rings is 1. The highest BCUT2D eigenvalue weighted by molar-refractivity contribution is 8.00. The molecule has 0 unspecified atom stereocenters. The van der Waals surface area contributed by atoms with E-state index in [2.05, 4.69) is 10.5 Å². The number of hydrogen-bond acceptors (Lipinski definition) is 4. The van der Waals surface area contributed by atoms with E-state index in [1.165, 1.54) is 4.21 Å². The molecule has 0 aliphatic rings. The summed E-state index contributed by atoms with van der Waals surface area (Å²) in [5.74, 6) is 0. The second-order valence-corrected chi connectivity index (χ2v) is 4.32. The van der Waals surface area contributed by atoms with Crippen LogP contribution in [0.15, 0.2) is 21.4 Å². The average Bonchev–Trinajstić information content (AvgIpc) is 2.52. The molecule has 0 saturated carbocycles. The summed E-state index contributed by atoms with van der Waals surface area (Å²) in [6, 6.07) is 3.28. The fourth-order valence-electron chi connectivity index (χ4n) is 0.673. The zero-order chi connectivity index (χ0) is 9.68. The lowest BCUT2D eigenvalue weighted by atomic mass is 10.5. The maximum absolute atomic E-state index is 10.2. The van der Waals surface area contributed by atoms with E-state index in [9.17, 15) is 4.79 Å². The van der Waals surface area contributed by atoms with Crippen LogP contribution in [-0.2, 0) is 0 Å². The number of amides is 2.